The predicted molar refractivity (Wildman–Crippen MR) is 113 cm³/mol. The summed E-state index contributed by atoms with van der Waals surface area (Å²) >= 11 is 1.29. The Labute approximate surface area is 173 Å². The molecule has 0 saturated carbocycles. The van der Waals surface area contributed by atoms with Crippen LogP contribution >= 0.6 is 11.3 Å². The summed E-state index contributed by atoms with van der Waals surface area (Å²) in [6.07, 6.45) is 0. The SMILES string of the molecule is Cc1cccc(N2CCN(Cc3nnc(C(=O)Nc4ccc(F)cc4)s3)CC2)c1. The van der Waals surface area contributed by atoms with Crippen molar-refractivity contribution in [2.75, 3.05) is 36.4 Å². The lowest BCUT2D eigenvalue weighted by Gasteiger charge is -2.35. The highest BCUT2D eigenvalue weighted by Crippen LogP contribution is 2.20. The van der Waals surface area contributed by atoms with Gasteiger partial charge in [0.05, 0.1) is 6.54 Å². The van der Waals surface area contributed by atoms with E-state index in [1.165, 1.54) is 46.9 Å². The van der Waals surface area contributed by atoms with E-state index in [0.29, 0.717) is 17.2 Å². The summed E-state index contributed by atoms with van der Waals surface area (Å²) in [6.45, 7) is 6.58. The van der Waals surface area contributed by atoms with Gasteiger partial charge < -0.3 is 10.2 Å². The summed E-state index contributed by atoms with van der Waals surface area (Å²) in [5.74, 6) is -0.673. The zero-order valence-corrected chi connectivity index (χ0v) is 17.0. The van der Waals surface area contributed by atoms with Gasteiger partial charge in [-0.15, -0.1) is 10.2 Å². The van der Waals surface area contributed by atoms with Gasteiger partial charge in [-0.3, -0.25) is 9.69 Å². The van der Waals surface area contributed by atoms with E-state index in [2.05, 4.69) is 56.5 Å². The van der Waals surface area contributed by atoms with Crippen LogP contribution in [0.2, 0.25) is 0 Å². The molecule has 0 bridgehead atoms. The normalized spacial score (nSPS) is 14.8. The zero-order chi connectivity index (χ0) is 20.2. The molecule has 1 aromatic heterocycles. The lowest BCUT2D eigenvalue weighted by molar-refractivity contribution is 0.102. The number of halogens is 1. The highest BCUT2D eigenvalue weighted by Gasteiger charge is 2.20. The average molecular weight is 412 g/mol. The first kappa shape index (κ1) is 19.5. The van der Waals surface area contributed by atoms with Crippen LogP contribution in [0.3, 0.4) is 0 Å². The molecule has 29 heavy (non-hydrogen) atoms. The van der Waals surface area contributed by atoms with Gasteiger partial charge in [0.25, 0.3) is 5.91 Å². The molecule has 0 spiro atoms. The van der Waals surface area contributed by atoms with E-state index in [0.717, 1.165) is 31.2 Å². The predicted octanol–water partition coefficient (Wildman–Crippen LogP) is 3.56. The minimum Gasteiger partial charge on any atom is -0.369 e. The third-order valence-electron chi connectivity index (χ3n) is 4.86. The number of hydrogen-bond acceptors (Lipinski definition) is 6. The van der Waals surface area contributed by atoms with Crippen molar-refractivity contribution >= 4 is 28.6 Å². The fourth-order valence-electron chi connectivity index (χ4n) is 3.31. The molecule has 3 aromatic rings. The molecule has 1 N–H and O–H groups in total. The molecule has 0 unspecified atom stereocenters. The largest absolute Gasteiger partial charge is 0.369 e. The number of amides is 1. The first-order valence-electron chi connectivity index (χ1n) is 9.50. The average Bonchev–Trinajstić information content (AvgIpc) is 3.19. The second kappa shape index (κ2) is 8.67. The van der Waals surface area contributed by atoms with Gasteiger partial charge in [-0.05, 0) is 48.9 Å². The molecule has 8 heteroatoms. The number of benzene rings is 2. The Morgan fingerprint density at radius 3 is 2.59 bits per heavy atom. The van der Waals surface area contributed by atoms with E-state index in [1.54, 1.807) is 0 Å². The Balaban J connectivity index is 1.30. The van der Waals surface area contributed by atoms with Crippen LogP contribution in [-0.4, -0.2) is 47.2 Å². The van der Waals surface area contributed by atoms with Crippen LogP contribution in [-0.2, 0) is 6.54 Å². The number of nitrogens with zero attached hydrogens (tertiary/aromatic N) is 4. The van der Waals surface area contributed by atoms with E-state index in [-0.39, 0.29) is 11.7 Å². The number of anilines is 2. The van der Waals surface area contributed by atoms with Crippen LogP contribution in [0.15, 0.2) is 48.5 Å². The third kappa shape index (κ3) is 4.96. The first-order valence-corrected chi connectivity index (χ1v) is 10.3. The summed E-state index contributed by atoms with van der Waals surface area (Å²) in [6, 6.07) is 14.2. The minimum atomic E-state index is -0.344. The number of rotatable bonds is 5. The Kier molecular flexibility index (Phi) is 5.82. The molecule has 0 aliphatic carbocycles. The number of aromatic nitrogens is 2. The number of piperazine rings is 1. The molecule has 0 atom stereocenters. The zero-order valence-electron chi connectivity index (χ0n) is 16.1. The molecule has 2 heterocycles. The first-order chi connectivity index (χ1) is 14.1. The summed E-state index contributed by atoms with van der Waals surface area (Å²) in [7, 11) is 0. The molecule has 150 valence electrons. The molecule has 0 radical (unpaired) electrons. The van der Waals surface area contributed by atoms with Crippen molar-refractivity contribution in [3.05, 3.63) is 69.9 Å². The van der Waals surface area contributed by atoms with Crippen molar-refractivity contribution in [3.8, 4) is 0 Å². The van der Waals surface area contributed by atoms with Crippen LogP contribution in [0.25, 0.3) is 0 Å². The van der Waals surface area contributed by atoms with Gasteiger partial charge in [0.2, 0.25) is 5.01 Å². The van der Waals surface area contributed by atoms with Crippen molar-refractivity contribution < 1.29 is 9.18 Å². The van der Waals surface area contributed by atoms with Gasteiger partial charge >= 0.3 is 0 Å². The number of carbonyl (C=O) groups is 1. The van der Waals surface area contributed by atoms with Gasteiger partial charge in [-0.2, -0.15) is 0 Å². The van der Waals surface area contributed by atoms with Crippen molar-refractivity contribution in [1.82, 2.24) is 15.1 Å². The van der Waals surface area contributed by atoms with Crippen LogP contribution < -0.4 is 10.2 Å². The van der Waals surface area contributed by atoms with Gasteiger partial charge in [0.1, 0.15) is 10.8 Å². The highest BCUT2D eigenvalue weighted by atomic mass is 32.1. The molecule has 1 saturated heterocycles. The molecule has 1 aliphatic rings. The van der Waals surface area contributed by atoms with Gasteiger partial charge in [-0.25, -0.2) is 4.39 Å². The third-order valence-corrected chi connectivity index (χ3v) is 5.77. The van der Waals surface area contributed by atoms with Crippen LogP contribution in [0.5, 0.6) is 0 Å². The summed E-state index contributed by atoms with van der Waals surface area (Å²) in [5, 5.41) is 12.0. The van der Waals surface area contributed by atoms with Crippen molar-refractivity contribution in [3.63, 3.8) is 0 Å². The Morgan fingerprint density at radius 1 is 1.10 bits per heavy atom. The molecular weight excluding hydrogens is 389 g/mol. The minimum absolute atomic E-state index is 0.308. The highest BCUT2D eigenvalue weighted by molar-refractivity contribution is 7.13. The molecule has 2 aromatic carbocycles. The molecule has 1 aliphatic heterocycles. The quantitative estimate of drug-likeness (QED) is 0.696. The summed E-state index contributed by atoms with van der Waals surface area (Å²) in [4.78, 5) is 17.0. The molecular formula is C21H22FN5OS. The molecule has 4 rings (SSSR count). The maximum Gasteiger partial charge on any atom is 0.286 e. The van der Waals surface area contributed by atoms with Gasteiger partial charge in [0, 0.05) is 37.6 Å². The Morgan fingerprint density at radius 2 is 1.86 bits per heavy atom. The maximum atomic E-state index is 13.0. The fraction of sp³-hybridized carbons (Fsp3) is 0.286. The number of nitrogens with one attached hydrogen (secondary N) is 1. The lowest BCUT2D eigenvalue weighted by atomic mass is 10.2. The Hall–Kier alpha value is -2.84. The second-order valence-electron chi connectivity index (χ2n) is 7.06. The topological polar surface area (TPSA) is 61.4 Å². The van der Waals surface area contributed by atoms with E-state index in [1.807, 2.05) is 0 Å². The number of carbonyl (C=O) groups excluding carboxylic acids is 1. The maximum absolute atomic E-state index is 13.0. The summed E-state index contributed by atoms with van der Waals surface area (Å²) < 4.78 is 13.0. The second-order valence-corrected chi connectivity index (χ2v) is 8.13. The van der Waals surface area contributed by atoms with E-state index >= 15 is 0 Å². The lowest BCUT2D eigenvalue weighted by Crippen LogP contribution is -2.45. The van der Waals surface area contributed by atoms with Crippen LogP contribution in [0, 0.1) is 12.7 Å². The van der Waals surface area contributed by atoms with Crippen molar-refractivity contribution in [2.45, 2.75) is 13.5 Å². The molecule has 6 nitrogen and oxygen atoms in total. The smallest absolute Gasteiger partial charge is 0.286 e. The van der Waals surface area contributed by atoms with Gasteiger partial charge in [-0.1, -0.05) is 23.5 Å². The Bertz CT molecular complexity index is 983. The van der Waals surface area contributed by atoms with Crippen molar-refractivity contribution in [1.29, 1.82) is 0 Å². The molecule has 1 amide bonds. The summed E-state index contributed by atoms with van der Waals surface area (Å²) in [5.41, 5.74) is 3.06. The van der Waals surface area contributed by atoms with Crippen LogP contribution in [0.1, 0.15) is 20.4 Å². The monoisotopic (exact) mass is 411 g/mol. The van der Waals surface area contributed by atoms with Crippen molar-refractivity contribution in [2.24, 2.45) is 0 Å². The van der Waals surface area contributed by atoms with Crippen LogP contribution in [0.4, 0.5) is 15.8 Å². The fourth-order valence-corrected chi connectivity index (χ4v) is 4.08. The van der Waals surface area contributed by atoms with E-state index in [4.69, 9.17) is 0 Å². The van der Waals surface area contributed by atoms with Gasteiger partial charge in [0.15, 0.2) is 0 Å². The standard InChI is InChI=1S/C21H22FN5OS/c1-15-3-2-4-18(13-15)27-11-9-26(10-12-27)14-19-24-25-21(29-19)20(28)23-17-7-5-16(22)6-8-17/h2-8,13H,9-12,14H2,1H3,(H,23,28). The van der Waals surface area contributed by atoms with E-state index in [9.17, 15) is 9.18 Å². The number of hydrogen-bond donors (Lipinski definition) is 1. The number of aryl methyl sites for hydroxylation is 1. The molecule has 1 fully saturated rings. The van der Waals surface area contributed by atoms with E-state index < -0.39 is 0 Å².